The fourth-order valence-corrected chi connectivity index (χ4v) is 1.38. The summed E-state index contributed by atoms with van der Waals surface area (Å²) in [5.74, 6) is 1.01. The number of benzene rings is 1. The molecule has 0 aliphatic carbocycles. The fraction of sp³-hybridized carbons (Fsp3) is 0.467. The van der Waals surface area contributed by atoms with Gasteiger partial charge in [0.1, 0.15) is 12.4 Å². The Morgan fingerprint density at radius 1 is 1.00 bits per heavy atom. The quantitative estimate of drug-likeness (QED) is 0.607. The van der Waals surface area contributed by atoms with Gasteiger partial charge in [0.2, 0.25) is 0 Å². The highest BCUT2D eigenvalue weighted by atomic mass is 16.5. The molecule has 0 spiro atoms. The number of aryl methyl sites for hydroxylation is 1. The van der Waals surface area contributed by atoms with Gasteiger partial charge >= 0.3 is 0 Å². The monoisotopic (exact) mass is 220 g/mol. The standard InChI is InChI=1S/C11H12O.2C2H6/c1-8-3-4-10-5-9(2)7-12-11(10)6-8;2*1-2/h3-6H,7H2,1-2H3;2*1-2H3. The highest BCUT2D eigenvalue weighted by Crippen LogP contribution is 2.26. The second-order valence-electron chi connectivity index (χ2n) is 3.32. The van der Waals surface area contributed by atoms with Gasteiger partial charge in [0.25, 0.3) is 0 Å². The van der Waals surface area contributed by atoms with Crippen molar-refractivity contribution in [2.24, 2.45) is 0 Å². The van der Waals surface area contributed by atoms with Gasteiger partial charge in [-0.15, -0.1) is 0 Å². The van der Waals surface area contributed by atoms with Gasteiger partial charge < -0.3 is 4.74 Å². The molecule has 1 aliphatic rings. The molecule has 0 saturated heterocycles. The van der Waals surface area contributed by atoms with E-state index in [2.05, 4.69) is 38.1 Å². The van der Waals surface area contributed by atoms with Crippen LogP contribution in [0.1, 0.15) is 45.7 Å². The number of fused-ring (bicyclic) bond motifs is 1. The summed E-state index contributed by atoms with van der Waals surface area (Å²) in [7, 11) is 0. The van der Waals surface area contributed by atoms with E-state index in [4.69, 9.17) is 4.74 Å². The molecule has 1 aromatic carbocycles. The molecule has 90 valence electrons. The molecule has 0 amide bonds. The van der Waals surface area contributed by atoms with E-state index < -0.39 is 0 Å². The fourth-order valence-electron chi connectivity index (χ4n) is 1.38. The van der Waals surface area contributed by atoms with Crippen LogP contribution in [0.15, 0.2) is 23.8 Å². The predicted octanol–water partition coefficient (Wildman–Crippen LogP) is 4.84. The molecule has 0 atom stereocenters. The first-order chi connectivity index (χ1) is 7.75. The van der Waals surface area contributed by atoms with Crippen molar-refractivity contribution in [1.82, 2.24) is 0 Å². The number of hydrogen-bond donors (Lipinski definition) is 0. The van der Waals surface area contributed by atoms with Crippen molar-refractivity contribution in [3.05, 3.63) is 34.9 Å². The Hall–Kier alpha value is -1.24. The minimum absolute atomic E-state index is 0.733. The minimum Gasteiger partial charge on any atom is -0.489 e. The van der Waals surface area contributed by atoms with Gasteiger partial charge in [0.05, 0.1) is 0 Å². The number of ether oxygens (including phenoxy) is 1. The average Bonchev–Trinajstić information content (AvgIpc) is 2.35. The van der Waals surface area contributed by atoms with Gasteiger partial charge in [-0.05, 0) is 37.1 Å². The Balaban J connectivity index is 0.000000509. The van der Waals surface area contributed by atoms with E-state index in [0.29, 0.717) is 0 Å². The first-order valence-electron chi connectivity index (χ1n) is 6.16. The lowest BCUT2D eigenvalue weighted by molar-refractivity contribution is 0.347. The largest absolute Gasteiger partial charge is 0.489 e. The van der Waals surface area contributed by atoms with E-state index >= 15 is 0 Å². The molecule has 0 saturated carbocycles. The predicted molar refractivity (Wildman–Crippen MR) is 73.0 cm³/mol. The number of hydrogen-bond acceptors (Lipinski definition) is 1. The second-order valence-corrected chi connectivity index (χ2v) is 3.32. The highest BCUT2D eigenvalue weighted by Gasteiger charge is 2.07. The molecular weight excluding hydrogens is 196 g/mol. The number of rotatable bonds is 0. The van der Waals surface area contributed by atoms with E-state index in [1.54, 1.807) is 0 Å². The van der Waals surface area contributed by atoms with E-state index in [9.17, 15) is 0 Å². The Morgan fingerprint density at radius 3 is 2.25 bits per heavy atom. The van der Waals surface area contributed by atoms with E-state index in [1.165, 1.54) is 16.7 Å². The molecule has 1 aromatic rings. The summed E-state index contributed by atoms with van der Waals surface area (Å²) in [6, 6.07) is 6.29. The van der Waals surface area contributed by atoms with Crippen LogP contribution in [-0.2, 0) is 0 Å². The zero-order valence-electron chi connectivity index (χ0n) is 11.4. The Bertz CT molecular complexity index is 337. The van der Waals surface area contributed by atoms with Crippen LogP contribution in [0.3, 0.4) is 0 Å². The van der Waals surface area contributed by atoms with Gasteiger partial charge in [-0.1, -0.05) is 39.8 Å². The third-order valence-electron chi connectivity index (χ3n) is 2.03. The summed E-state index contributed by atoms with van der Waals surface area (Å²) in [5.41, 5.74) is 3.73. The Kier molecular flexibility index (Phi) is 7.36. The summed E-state index contributed by atoms with van der Waals surface area (Å²) in [6.45, 7) is 12.9. The maximum Gasteiger partial charge on any atom is 0.127 e. The molecule has 1 heteroatoms. The van der Waals surface area contributed by atoms with Crippen LogP contribution in [0.25, 0.3) is 6.08 Å². The molecule has 2 rings (SSSR count). The lowest BCUT2D eigenvalue weighted by Crippen LogP contribution is -2.04. The van der Waals surface area contributed by atoms with Gasteiger partial charge in [0.15, 0.2) is 0 Å². The second kappa shape index (κ2) is 7.98. The summed E-state index contributed by atoms with van der Waals surface area (Å²) in [6.07, 6.45) is 2.18. The van der Waals surface area contributed by atoms with Crippen molar-refractivity contribution in [3.63, 3.8) is 0 Å². The third kappa shape index (κ3) is 4.09. The lowest BCUT2D eigenvalue weighted by Gasteiger charge is -2.15. The topological polar surface area (TPSA) is 9.23 Å². The zero-order valence-corrected chi connectivity index (χ0v) is 11.4. The molecular formula is C15H24O. The maximum atomic E-state index is 5.55. The van der Waals surface area contributed by atoms with Crippen LogP contribution in [0, 0.1) is 6.92 Å². The van der Waals surface area contributed by atoms with Crippen LogP contribution >= 0.6 is 0 Å². The first kappa shape index (κ1) is 14.8. The van der Waals surface area contributed by atoms with Crippen LogP contribution in [0.5, 0.6) is 5.75 Å². The van der Waals surface area contributed by atoms with Crippen LogP contribution < -0.4 is 4.74 Å². The molecule has 0 unspecified atom stereocenters. The molecule has 0 N–H and O–H groups in total. The van der Waals surface area contributed by atoms with Gasteiger partial charge in [0, 0.05) is 5.56 Å². The maximum absolute atomic E-state index is 5.55. The van der Waals surface area contributed by atoms with Gasteiger partial charge in [-0.2, -0.15) is 0 Å². The van der Waals surface area contributed by atoms with Crippen molar-refractivity contribution in [3.8, 4) is 5.75 Å². The highest BCUT2D eigenvalue weighted by molar-refractivity contribution is 5.62. The molecule has 1 aliphatic heterocycles. The van der Waals surface area contributed by atoms with E-state index in [1.807, 2.05) is 27.7 Å². The van der Waals surface area contributed by atoms with Crippen molar-refractivity contribution in [1.29, 1.82) is 0 Å². The molecule has 1 heterocycles. The smallest absolute Gasteiger partial charge is 0.127 e. The Morgan fingerprint density at radius 2 is 1.62 bits per heavy atom. The van der Waals surface area contributed by atoms with Crippen molar-refractivity contribution < 1.29 is 4.74 Å². The summed E-state index contributed by atoms with van der Waals surface area (Å²) in [4.78, 5) is 0. The lowest BCUT2D eigenvalue weighted by atomic mass is 10.1. The molecule has 0 bridgehead atoms. The van der Waals surface area contributed by atoms with Gasteiger partial charge in [-0.3, -0.25) is 0 Å². The zero-order chi connectivity index (χ0) is 12.6. The molecule has 1 nitrogen and oxygen atoms in total. The summed E-state index contributed by atoms with van der Waals surface area (Å²) < 4.78 is 5.55. The van der Waals surface area contributed by atoms with E-state index in [0.717, 1.165) is 12.4 Å². The van der Waals surface area contributed by atoms with Crippen molar-refractivity contribution >= 4 is 6.08 Å². The van der Waals surface area contributed by atoms with Crippen LogP contribution in [0.2, 0.25) is 0 Å². The van der Waals surface area contributed by atoms with Gasteiger partial charge in [-0.25, -0.2) is 0 Å². The van der Waals surface area contributed by atoms with Crippen molar-refractivity contribution in [2.75, 3.05) is 6.61 Å². The SMILES string of the molecule is CC.CC.CC1=Cc2ccc(C)cc2OC1. The minimum atomic E-state index is 0.733. The van der Waals surface area contributed by atoms with Crippen molar-refractivity contribution in [2.45, 2.75) is 41.5 Å². The third-order valence-corrected chi connectivity index (χ3v) is 2.03. The average molecular weight is 220 g/mol. The normalized spacial score (nSPS) is 11.8. The molecule has 0 fully saturated rings. The molecule has 16 heavy (non-hydrogen) atoms. The summed E-state index contributed by atoms with van der Waals surface area (Å²) >= 11 is 0. The van der Waals surface area contributed by atoms with E-state index in [-0.39, 0.29) is 0 Å². The summed E-state index contributed by atoms with van der Waals surface area (Å²) in [5, 5.41) is 0. The van der Waals surface area contributed by atoms with Crippen LogP contribution in [0.4, 0.5) is 0 Å². The Labute approximate surface area is 100 Å². The molecule has 0 aromatic heterocycles. The molecule has 0 radical (unpaired) electrons. The first-order valence-corrected chi connectivity index (χ1v) is 6.16. The van der Waals surface area contributed by atoms with Crippen LogP contribution in [-0.4, -0.2) is 6.61 Å².